The molecule has 0 aliphatic carbocycles. The van der Waals surface area contributed by atoms with Crippen molar-refractivity contribution in [2.75, 3.05) is 19.7 Å². The Balaban J connectivity index is 1.59. The Labute approximate surface area is 152 Å². The SMILES string of the molecule is Cc1cccc(C(=O)N2Cc3ccnn3[C@H](C(=O)N3CCCCO3)C2)c1. The number of aromatic nitrogens is 2. The summed E-state index contributed by atoms with van der Waals surface area (Å²) in [4.78, 5) is 33.2. The van der Waals surface area contributed by atoms with Crippen molar-refractivity contribution in [1.29, 1.82) is 0 Å². The number of hydrogen-bond donors (Lipinski definition) is 0. The number of hydrogen-bond acceptors (Lipinski definition) is 4. The molecule has 136 valence electrons. The van der Waals surface area contributed by atoms with Gasteiger partial charge in [-0.25, -0.2) is 5.06 Å². The average molecular weight is 354 g/mol. The summed E-state index contributed by atoms with van der Waals surface area (Å²) >= 11 is 0. The van der Waals surface area contributed by atoms with Gasteiger partial charge in [0, 0.05) is 18.3 Å². The van der Waals surface area contributed by atoms with Gasteiger partial charge in [0.05, 0.1) is 25.4 Å². The first-order chi connectivity index (χ1) is 12.6. The molecule has 0 unspecified atom stereocenters. The van der Waals surface area contributed by atoms with Gasteiger partial charge in [-0.3, -0.25) is 19.1 Å². The van der Waals surface area contributed by atoms with E-state index in [2.05, 4.69) is 5.10 Å². The highest BCUT2D eigenvalue weighted by Crippen LogP contribution is 2.25. The largest absolute Gasteiger partial charge is 0.330 e. The van der Waals surface area contributed by atoms with Crippen LogP contribution in [0.4, 0.5) is 0 Å². The molecule has 2 amide bonds. The van der Waals surface area contributed by atoms with Gasteiger partial charge in [-0.2, -0.15) is 5.10 Å². The highest BCUT2D eigenvalue weighted by Gasteiger charge is 2.36. The molecule has 1 aromatic heterocycles. The molecule has 1 saturated heterocycles. The predicted octanol–water partition coefficient (Wildman–Crippen LogP) is 1.94. The average Bonchev–Trinajstić information content (AvgIpc) is 3.15. The van der Waals surface area contributed by atoms with Gasteiger partial charge in [0.2, 0.25) is 0 Å². The van der Waals surface area contributed by atoms with Crippen LogP contribution in [-0.2, 0) is 16.2 Å². The lowest BCUT2D eigenvalue weighted by Crippen LogP contribution is -2.49. The number of hydroxylamine groups is 2. The molecule has 0 saturated carbocycles. The van der Waals surface area contributed by atoms with Crippen LogP contribution < -0.4 is 0 Å². The van der Waals surface area contributed by atoms with Crippen molar-refractivity contribution in [3.63, 3.8) is 0 Å². The first-order valence-electron chi connectivity index (χ1n) is 8.96. The monoisotopic (exact) mass is 354 g/mol. The molecule has 2 aromatic rings. The van der Waals surface area contributed by atoms with Gasteiger partial charge < -0.3 is 4.90 Å². The van der Waals surface area contributed by atoms with Crippen molar-refractivity contribution in [3.05, 3.63) is 53.3 Å². The summed E-state index contributed by atoms with van der Waals surface area (Å²) in [5.41, 5.74) is 2.53. The maximum Gasteiger partial charge on any atom is 0.272 e. The lowest BCUT2D eigenvalue weighted by Gasteiger charge is -2.36. The Morgan fingerprint density at radius 2 is 2.12 bits per heavy atom. The van der Waals surface area contributed by atoms with E-state index in [1.807, 2.05) is 37.3 Å². The molecule has 7 nitrogen and oxygen atoms in total. The van der Waals surface area contributed by atoms with Crippen LogP contribution >= 0.6 is 0 Å². The maximum absolute atomic E-state index is 13.0. The first-order valence-corrected chi connectivity index (χ1v) is 8.96. The molecule has 0 N–H and O–H groups in total. The van der Waals surface area contributed by atoms with Crippen molar-refractivity contribution in [2.45, 2.75) is 32.4 Å². The number of benzene rings is 1. The van der Waals surface area contributed by atoms with E-state index >= 15 is 0 Å². The molecular weight excluding hydrogens is 332 g/mol. The van der Waals surface area contributed by atoms with E-state index in [1.165, 1.54) is 5.06 Å². The quantitative estimate of drug-likeness (QED) is 0.827. The first kappa shape index (κ1) is 16.8. The second-order valence-corrected chi connectivity index (χ2v) is 6.82. The number of carbonyl (C=O) groups is 2. The van der Waals surface area contributed by atoms with Gasteiger partial charge in [-0.1, -0.05) is 17.7 Å². The Bertz CT molecular complexity index is 826. The number of fused-ring (bicyclic) bond motifs is 1. The van der Waals surface area contributed by atoms with Crippen molar-refractivity contribution in [3.8, 4) is 0 Å². The molecule has 1 aromatic carbocycles. The molecule has 0 radical (unpaired) electrons. The minimum Gasteiger partial charge on any atom is -0.330 e. The van der Waals surface area contributed by atoms with Gasteiger partial charge in [0.25, 0.3) is 11.8 Å². The van der Waals surface area contributed by atoms with E-state index in [1.54, 1.807) is 15.8 Å². The zero-order chi connectivity index (χ0) is 18.1. The van der Waals surface area contributed by atoms with Crippen LogP contribution in [0.5, 0.6) is 0 Å². The van der Waals surface area contributed by atoms with E-state index in [-0.39, 0.29) is 11.8 Å². The van der Waals surface area contributed by atoms with Crippen LogP contribution in [0, 0.1) is 6.92 Å². The fourth-order valence-electron chi connectivity index (χ4n) is 3.53. The fraction of sp³-hybridized carbons (Fsp3) is 0.421. The second kappa shape index (κ2) is 6.92. The maximum atomic E-state index is 13.0. The van der Waals surface area contributed by atoms with E-state index in [9.17, 15) is 9.59 Å². The number of rotatable bonds is 2. The number of aryl methyl sites for hydroxylation is 1. The van der Waals surface area contributed by atoms with Crippen LogP contribution in [-0.4, -0.2) is 51.3 Å². The van der Waals surface area contributed by atoms with Gasteiger partial charge in [-0.05, 0) is 38.0 Å². The summed E-state index contributed by atoms with van der Waals surface area (Å²) in [7, 11) is 0. The number of carbonyl (C=O) groups excluding carboxylic acids is 2. The zero-order valence-corrected chi connectivity index (χ0v) is 14.8. The van der Waals surface area contributed by atoms with Gasteiger partial charge in [0.1, 0.15) is 0 Å². The Morgan fingerprint density at radius 3 is 2.88 bits per heavy atom. The molecule has 2 aliphatic heterocycles. The Hall–Kier alpha value is -2.67. The summed E-state index contributed by atoms with van der Waals surface area (Å²) in [5.74, 6) is -0.213. The number of amides is 2. The van der Waals surface area contributed by atoms with Crippen LogP contribution in [0.25, 0.3) is 0 Å². The predicted molar refractivity (Wildman–Crippen MR) is 94.1 cm³/mol. The molecule has 4 rings (SSSR count). The molecule has 1 fully saturated rings. The lowest BCUT2D eigenvalue weighted by atomic mass is 10.1. The Morgan fingerprint density at radius 1 is 1.23 bits per heavy atom. The van der Waals surface area contributed by atoms with Crippen molar-refractivity contribution >= 4 is 11.8 Å². The smallest absolute Gasteiger partial charge is 0.272 e. The molecule has 0 spiro atoms. The normalized spacial score (nSPS) is 20.0. The second-order valence-electron chi connectivity index (χ2n) is 6.82. The molecular formula is C19H22N4O3. The minimum absolute atomic E-state index is 0.0708. The van der Waals surface area contributed by atoms with Gasteiger partial charge in [-0.15, -0.1) is 0 Å². The minimum atomic E-state index is -0.555. The summed E-state index contributed by atoms with van der Waals surface area (Å²) in [6.07, 6.45) is 3.56. The summed E-state index contributed by atoms with van der Waals surface area (Å²) in [6.45, 7) is 3.83. The van der Waals surface area contributed by atoms with Crippen molar-refractivity contribution < 1.29 is 14.4 Å². The Kier molecular flexibility index (Phi) is 4.46. The van der Waals surface area contributed by atoms with E-state index in [4.69, 9.17) is 4.84 Å². The highest BCUT2D eigenvalue weighted by atomic mass is 16.7. The van der Waals surface area contributed by atoms with E-state index in [0.29, 0.717) is 31.8 Å². The van der Waals surface area contributed by atoms with E-state index in [0.717, 1.165) is 24.1 Å². The van der Waals surface area contributed by atoms with Crippen LogP contribution in [0.3, 0.4) is 0 Å². The zero-order valence-electron chi connectivity index (χ0n) is 14.8. The third-order valence-electron chi connectivity index (χ3n) is 4.88. The van der Waals surface area contributed by atoms with Crippen molar-refractivity contribution in [1.82, 2.24) is 19.7 Å². The van der Waals surface area contributed by atoms with Crippen LogP contribution in [0.1, 0.15) is 40.5 Å². The molecule has 3 heterocycles. The fourth-order valence-corrected chi connectivity index (χ4v) is 3.53. The van der Waals surface area contributed by atoms with E-state index < -0.39 is 6.04 Å². The van der Waals surface area contributed by atoms with Crippen molar-refractivity contribution in [2.24, 2.45) is 0 Å². The number of nitrogens with zero attached hydrogens (tertiary/aromatic N) is 4. The lowest BCUT2D eigenvalue weighted by molar-refractivity contribution is -0.201. The third kappa shape index (κ3) is 3.10. The van der Waals surface area contributed by atoms with Gasteiger partial charge in [0.15, 0.2) is 6.04 Å². The highest BCUT2D eigenvalue weighted by molar-refractivity contribution is 5.95. The third-order valence-corrected chi connectivity index (χ3v) is 4.88. The molecule has 7 heteroatoms. The molecule has 0 bridgehead atoms. The summed E-state index contributed by atoms with van der Waals surface area (Å²) in [5, 5.41) is 5.74. The topological polar surface area (TPSA) is 67.7 Å². The standard InChI is InChI=1S/C19H22N4O3/c1-14-5-4-6-15(11-14)18(24)21-12-16-7-8-20-23(16)17(13-21)19(25)22-9-2-3-10-26-22/h4-8,11,17H,2-3,9-10,12-13H2,1H3/t17-/m0/s1. The van der Waals surface area contributed by atoms with Gasteiger partial charge >= 0.3 is 0 Å². The van der Waals surface area contributed by atoms with Crippen LogP contribution in [0.15, 0.2) is 36.5 Å². The van der Waals surface area contributed by atoms with Crippen LogP contribution in [0.2, 0.25) is 0 Å². The molecule has 26 heavy (non-hydrogen) atoms. The molecule has 2 aliphatic rings. The summed E-state index contributed by atoms with van der Waals surface area (Å²) < 4.78 is 1.72. The summed E-state index contributed by atoms with van der Waals surface area (Å²) in [6, 6.07) is 8.82. The molecule has 1 atom stereocenters.